The summed E-state index contributed by atoms with van der Waals surface area (Å²) in [5.41, 5.74) is 0. The molecule has 0 bridgehead atoms. The Morgan fingerprint density at radius 2 is 1.76 bits per heavy atom. The molecule has 0 radical (unpaired) electrons. The summed E-state index contributed by atoms with van der Waals surface area (Å²) in [6.45, 7) is 4.46. The second-order valence-electron chi connectivity index (χ2n) is 7.58. The van der Waals surface area contributed by atoms with E-state index in [1.807, 2.05) is 0 Å². The Kier molecular flexibility index (Phi) is 3.92. The van der Waals surface area contributed by atoms with E-state index in [2.05, 4.69) is 15.1 Å². The van der Waals surface area contributed by atoms with Gasteiger partial charge in [0, 0.05) is 25.2 Å². The second-order valence-corrected chi connectivity index (χ2v) is 7.58. The predicted octanol–water partition coefficient (Wildman–Crippen LogP) is 1.60. The fraction of sp³-hybridized carbons (Fsp3) is 0.941. The highest BCUT2D eigenvalue weighted by atomic mass is 16.2. The molecule has 1 saturated carbocycles. The highest BCUT2D eigenvalue weighted by Crippen LogP contribution is 2.34. The van der Waals surface area contributed by atoms with Crippen LogP contribution in [0.4, 0.5) is 0 Å². The van der Waals surface area contributed by atoms with Crippen LogP contribution in [0.15, 0.2) is 0 Å². The molecule has 4 nitrogen and oxygen atoms in total. The molecule has 4 heteroatoms. The van der Waals surface area contributed by atoms with Gasteiger partial charge in [-0.15, -0.1) is 0 Å². The third kappa shape index (κ3) is 2.72. The Morgan fingerprint density at radius 3 is 2.57 bits per heavy atom. The molecule has 0 aromatic heterocycles. The molecule has 4 unspecified atom stereocenters. The lowest BCUT2D eigenvalue weighted by atomic mass is 9.85. The van der Waals surface area contributed by atoms with Gasteiger partial charge >= 0.3 is 0 Å². The van der Waals surface area contributed by atoms with Gasteiger partial charge in [-0.25, -0.2) is 0 Å². The lowest BCUT2D eigenvalue weighted by Gasteiger charge is -2.25. The van der Waals surface area contributed by atoms with E-state index in [9.17, 15) is 4.79 Å². The van der Waals surface area contributed by atoms with Gasteiger partial charge in [0.15, 0.2) is 0 Å². The summed E-state index contributed by atoms with van der Waals surface area (Å²) in [6.07, 6.45) is 10.3. The molecule has 1 N–H and O–H groups in total. The third-order valence-corrected chi connectivity index (χ3v) is 6.29. The minimum atomic E-state index is 0.121. The van der Waals surface area contributed by atoms with Crippen LogP contribution in [-0.4, -0.2) is 60.0 Å². The molecule has 1 amide bonds. The normalized spacial score (nSPS) is 40.7. The van der Waals surface area contributed by atoms with E-state index in [1.54, 1.807) is 0 Å². The number of rotatable bonds is 2. The monoisotopic (exact) mass is 291 g/mol. The maximum atomic E-state index is 12.8. The molecular formula is C17H29N3O. The summed E-state index contributed by atoms with van der Waals surface area (Å²) < 4.78 is 0. The molecule has 21 heavy (non-hydrogen) atoms. The van der Waals surface area contributed by atoms with Crippen LogP contribution in [0.3, 0.4) is 0 Å². The van der Waals surface area contributed by atoms with E-state index in [-0.39, 0.29) is 6.04 Å². The van der Waals surface area contributed by atoms with Crippen LogP contribution in [0.5, 0.6) is 0 Å². The van der Waals surface area contributed by atoms with E-state index in [0.717, 1.165) is 25.4 Å². The number of nitrogens with zero attached hydrogens (tertiary/aromatic N) is 2. The number of hydrogen-bond acceptors (Lipinski definition) is 3. The molecule has 118 valence electrons. The highest BCUT2D eigenvalue weighted by Gasteiger charge is 2.41. The Balaban J connectivity index is 1.33. The van der Waals surface area contributed by atoms with Gasteiger partial charge in [-0.05, 0) is 57.5 Å². The van der Waals surface area contributed by atoms with Crippen LogP contribution in [0.2, 0.25) is 0 Å². The fourth-order valence-electron chi connectivity index (χ4n) is 5.08. The van der Waals surface area contributed by atoms with Crippen molar-refractivity contribution in [2.75, 3.05) is 26.2 Å². The van der Waals surface area contributed by atoms with Crippen LogP contribution < -0.4 is 5.32 Å². The van der Waals surface area contributed by atoms with E-state index >= 15 is 0 Å². The van der Waals surface area contributed by atoms with Crippen molar-refractivity contribution in [2.24, 2.45) is 5.92 Å². The molecule has 0 aromatic rings. The number of likely N-dealkylation sites (tertiary alicyclic amines) is 2. The number of carbonyl (C=O) groups excluding carboxylic acids is 1. The summed E-state index contributed by atoms with van der Waals surface area (Å²) in [5.74, 6) is 1.16. The van der Waals surface area contributed by atoms with E-state index in [1.165, 1.54) is 58.0 Å². The topological polar surface area (TPSA) is 35.6 Å². The molecule has 1 aliphatic carbocycles. The van der Waals surface area contributed by atoms with Gasteiger partial charge in [-0.2, -0.15) is 0 Å². The van der Waals surface area contributed by atoms with Crippen molar-refractivity contribution in [1.82, 2.24) is 15.1 Å². The van der Waals surface area contributed by atoms with Crippen molar-refractivity contribution < 1.29 is 4.79 Å². The average molecular weight is 291 g/mol. The highest BCUT2D eigenvalue weighted by molar-refractivity contribution is 5.82. The summed E-state index contributed by atoms with van der Waals surface area (Å²) in [6, 6.07) is 1.39. The number of amides is 1. The molecule has 4 rings (SSSR count). The predicted molar refractivity (Wildman–Crippen MR) is 83.1 cm³/mol. The lowest BCUT2D eigenvalue weighted by Crippen LogP contribution is -2.45. The first-order valence-electron chi connectivity index (χ1n) is 9.10. The molecule has 0 aromatic carbocycles. The maximum absolute atomic E-state index is 12.8. The largest absolute Gasteiger partial charge is 0.340 e. The molecular weight excluding hydrogens is 262 g/mol. The van der Waals surface area contributed by atoms with Crippen LogP contribution in [0.1, 0.15) is 51.4 Å². The Hall–Kier alpha value is -0.610. The molecule has 4 atom stereocenters. The first-order chi connectivity index (χ1) is 10.3. The van der Waals surface area contributed by atoms with E-state index in [0.29, 0.717) is 18.0 Å². The molecule has 3 saturated heterocycles. The first kappa shape index (κ1) is 14.0. The molecule has 4 fully saturated rings. The van der Waals surface area contributed by atoms with Gasteiger partial charge in [-0.1, -0.05) is 12.8 Å². The van der Waals surface area contributed by atoms with Crippen molar-refractivity contribution >= 4 is 5.91 Å². The summed E-state index contributed by atoms with van der Waals surface area (Å²) in [7, 11) is 0. The van der Waals surface area contributed by atoms with Crippen LogP contribution >= 0.6 is 0 Å². The molecule has 0 spiro atoms. The minimum absolute atomic E-state index is 0.121. The summed E-state index contributed by atoms with van der Waals surface area (Å²) in [5, 5.41) is 3.65. The minimum Gasteiger partial charge on any atom is -0.340 e. The van der Waals surface area contributed by atoms with Crippen molar-refractivity contribution in [1.29, 1.82) is 0 Å². The van der Waals surface area contributed by atoms with Gasteiger partial charge in [0.05, 0.1) is 6.04 Å². The zero-order valence-electron chi connectivity index (χ0n) is 13.1. The van der Waals surface area contributed by atoms with Crippen molar-refractivity contribution in [2.45, 2.75) is 69.5 Å². The first-order valence-corrected chi connectivity index (χ1v) is 9.10. The quantitative estimate of drug-likeness (QED) is 0.839. The Labute approximate surface area is 128 Å². The zero-order chi connectivity index (χ0) is 14.2. The SMILES string of the molecule is O=C(C1CC2CCCCC2N1)N1CCC(N2CCCC2)C1. The van der Waals surface area contributed by atoms with Crippen LogP contribution in [0, 0.1) is 5.92 Å². The maximum Gasteiger partial charge on any atom is 0.239 e. The summed E-state index contributed by atoms with van der Waals surface area (Å²) >= 11 is 0. The van der Waals surface area contributed by atoms with Crippen molar-refractivity contribution in [3.63, 3.8) is 0 Å². The zero-order valence-corrected chi connectivity index (χ0v) is 13.1. The summed E-state index contributed by atoms with van der Waals surface area (Å²) in [4.78, 5) is 17.6. The number of hydrogen-bond donors (Lipinski definition) is 1. The molecule has 3 heterocycles. The molecule has 4 aliphatic rings. The van der Waals surface area contributed by atoms with Gasteiger partial charge in [0.2, 0.25) is 5.91 Å². The van der Waals surface area contributed by atoms with Gasteiger partial charge < -0.3 is 10.2 Å². The standard InChI is InChI=1S/C17H29N3O/c21-17(16-11-13-5-1-2-6-15(13)18-16)20-10-7-14(12-20)19-8-3-4-9-19/h13-16,18H,1-12H2. The van der Waals surface area contributed by atoms with Crippen molar-refractivity contribution in [3.05, 3.63) is 0 Å². The van der Waals surface area contributed by atoms with Crippen LogP contribution in [-0.2, 0) is 4.79 Å². The molecule has 3 aliphatic heterocycles. The van der Waals surface area contributed by atoms with Gasteiger partial charge in [-0.3, -0.25) is 9.69 Å². The second kappa shape index (κ2) is 5.88. The smallest absolute Gasteiger partial charge is 0.239 e. The Morgan fingerprint density at radius 1 is 0.952 bits per heavy atom. The number of carbonyl (C=O) groups is 1. The van der Waals surface area contributed by atoms with Gasteiger partial charge in [0.1, 0.15) is 0 Å². The number of nitrogens with one attached hydrogen (secondary N) is 1. The lowest BCUT2D eigenvalue weighted by molar-refractivity contribution is -0.132. The number of fused-ring (bicyclic) bond motifs is 1. The van der Waals surface area contributed by atoms with Crippen LogP contribution in [0.25, 0.3) is 0 Å². The van der Waals surface area contributed by atoms with E-state index < -0.39 is 0 Å². The average Bonchev–Trinajstić information content (AvgIpc) is 3.24. The fourth-order valence-corrected chi connectivity index (χ4v) is 5.08. The van der Waals surface area contributed by atoms with E-state index in [4.69, 9.17) is 0 Å². The van der Waals surface area contributed by atoms with Crippen molar-refractivity contribution in [3.8, 4) is 0 Å². The Bertz CT molecular complexity index is 379. The van der Waals surface area contributed by atoms with Gasteiger partial charge in [0.25, 0.3) is 0 Å². The third-order valence-electron chi connectivity index (χ3n) is 6.29.